The number of hydrogen-bond donors (Lipinski definition) is 1. The summed E-state index contributed by atoms with van der Waals surface area (Å²) in [6.07, 6.45) is 0.432. The fourth-order valence-electron chi connectivity index (χ4n) is 2.61. The highest BCUT2D eigenvalue weighted by Crippen LogP contribution is 2.25. The zero-order valence-corrected chi connectivity index (χ0v) is 12.7. The SMILES string of the molecule is CCNC(Cc1cc(F)ccc1F)c1cccc(C)c1C. The Balaban J connectivity index is 2.35. The van der Waals surface area contributed by atoms with Crippen molar-refractivity contribution >= 4 is 0 Å². The number of rotatable bonds is 5. The quantitative estimate of drug-likeness (QED) is 0.856. The second-order valence-corrected chi connectivity index (χ2v) is 5.34. The van der Waals surface area contributed by atoms with Gasteiger partial charge in [0.25, 0.3) is 0 Å². The summed E-state index contributed by atoms with van der Waals surface area (Å²) in [5.74, 6) is -0.757. The van der Waals surface area contributed by atoms with Gasteiger partial charge in [-0.05, 0) is 67.3 Å². The lowest BCUT2D eigenvalue weighted by Gasteiger charge is -2.22. The largest absolute Gasteiger partial charge is 0.310 e. The minimum absolute atomic E-state index is 0.0220. The van der Waals surface area contributed by atoms with Crippen molar-refractivity contribution in [3.63, 3.8) is 0 Å². The van der Waals surface area contributed by atoms with E-state index in [1.165, 1.54) is 23.3 Å². The van der Waals surface area contributed by atoms with Crippen molar-refractivity contribution in [2.24, 2.45) is 0 Å². The summed E-state index contributed by atoms with van der Waals surface area (Å²) in [7, 11) is 0. The van der Waals surface area contributed by atoms with Gasteiger partial charge in [-0.1, -0.05) is 25.1 Å². The zero-order valence-electron chi connectivity index (χ0n) is 12.7. The maximum absolute atomic E-state index is 13.9. The van der Waals surface area contributed by atoms with E-state index >= 15 is 0 Å². The molecule has 1 nitrogen and oxygen atoms in total. The van der Waals surface area contributed by atoms with Gasteiger partial charge < -0.3 is 5.32 Å². The summed E-state index contributed by atoms with van der Waals surface area (Å²) in [6.45, 7) is 6.91. The second-order valence-electron chi connectivity index (χ2n) is 5.34. The maximum atomic E-state index is 13.9. The normalized spacial score (nSPS) is 12.4. The first-order valence-electron chi connectivity index (χ1n) is 7.26. The molecule has 0 saturated heterocycles. The van der Waals surface area contributed by atoms with Crippen LogP contribution in [0, 0.1) is 25.5 Å². The van der Waals surface area contributed by atoms with Gasteiger partial charge in [0.1, 0.15) is 11.6 Å². The van der Waals surface area contributed by atoms with Crippen LogP contribution in [0.5, 0.6) is 0 Å². The fraction of sp³-hybridized carbons (Fsp3) is 0.333. The highest BCUT2D eigenvalue weighted by atomic mass is 19.1. The van der Waals surface area contributed by atoms with Crippen LogP contribution >= 0.6 is 0 Å². The van der Waals surface area contributed by atoms with Gasteiger partial charge in [0, 0.05) is 6.04 Å². The predicted octanol–water partition coefficient (Wildman–Crippen LogP) is 4.47. The Morgan fingerprint density at radius 2 is 1.86 bits per heavy atom. The minimum Gasteiger partial charge on any atom is -0.310 e. The van der Waals surface area contributed by atoms with Gasteiger partial charge in [0.15, 0.2) is 0 Å². The first-order chi connectivity index (χ1) is 10.0. The van der Waals surface area contributed by atoms with Gasteiger partial charge in [-0.2, -0.15) is 0 Å². The number of halogens is 2. The molecule has 0 aliphatic heterocycles. The van der Waals surface area contributed by atoms with Gasteiger partial charge >= 0.3 is 0 Å². The average Bonchev–Trinajstić information content (AvgIpc) is 2.45. The molecule has 0 fully saturated rings. The summed E-state index contributed by atoms with van der Waals surface area (Å²) >= 11 is 0. The fourth-order valence-corrected chi connectivity index (χ4v) is 2.61. The molecule has 0 amide bonds. The van der Waals surface area contributed by atoms with Crippen LogP contribution in [0.1, 0.15) is 35.2 Å². The Labute approximate surface area is 125 Å². The molecule has 1 atom stereocenters. The number of likely N-dealkylation sites (N-methyl/N-ethyl adjacent to an activating group) is 1. The monoisotopic (exact) mass is 289 g/mol. The van der Waals surface area contributed by atoms with Crippen molar-refractivity contribution in [2.45, 2.75) is 33.2 Å². The number of benzene rings is 2. The Morgan fingerprint density at radius 3 is 2.57 bits per heavy atom. The molecule has 112 valence electrons. The van der Waals surface area contributed by atoms with Crippen LogP contribution in [0.15, 0.2) is 36.4 Å². The molecule has 1 unspecified atom stereocenters. The molecule has 0 bridgehead atoms. The third-order valence-corrected chi connectivity index (χ3v) is 3.90. The van der Waals surface area contributed by atoms with E-state index in [-0.39, 0.29) is 11.9 Å². The molecule has 0 heterocycles. The predicted molar refractivity (Wildman–Crippen MR) is 82.4 cm³/mol. The Bertz CT molecular complexity index is 623. The Kier molecular flexibility index (Phi) is 5.07. The van der Waals surface area contributed by atoms with Crippen molar-refractivity contribution < 1.29 is 8.78 Å². The van der Waals surface area contributed by atoms with Crippen molar-refractivity contribution in [1.29, 1.82) is 0 Å². The van der Waals surface area contributed by atoms with Gasteiger partial charge in [0.2, 0.25) is 0 Å². The van der Waals surface area contributed by atoms with Crippen LogP contribution in [-0.2, 0) is 6.42 Å². The van der Waals surface area contributed by atoms with E-state index in [4.69, 9.17) is 0 Å². The molecular formula is C18H21F2N. The van der Waals surface area contributed by atoms with Gasteiger partial charge in [-0.25, -0.2) is 8.78 Å². The van der Waals surface area contributed by atoms with Crippen LogP contribution in [0.2, 0.25) is 0 Å². The number of aryl methyl sites for hydroxylation is 1. The van der Waals surface area contributed by atoms with E-state index in [1.807, 2.05) is 19.1 Å². The van der Waals surface area contributed by atoms with Crippen LogP contribution in [-0.4, -0.2) is 6.54 Å². The van der Waals surface area contributed by atoms with Crippen LogP contribution < -0.4 is 5.32 Å². The molecule has 0 aromatic heterocycles. The minimum atomic E-state index is -0.400. The maximum Gasteiger partial charge on any atom is 0.126 e. The summed E-state index contributed by atoms with van der Waals surface area (Å²) in [5.41, 5.74) is 3.94. The molecule has 21 heavy (non-hydrogen) atoms. The third kappa shape index (κ3) is 3.67. The molecular weight excluding hydrogens is 268 g/mol. The van der Waals surface area contributed by atoms with Crippen molar-refractivity contribution in [3.8, 4) is 0 Å². The molecule has 0 saturated carbocycles. The zero-order chi connectivity index (χ0) is 15.4. The molecule has 0 spiro atoms. The average molecular weight is 289 g/mol. The van der Waals surface area contributed by atoms with Gasteiger partial charge in [0.05, 0.1) is 0 Å². The van der Waals surface area contributed by atoms with Crippen molar-refractivity contribution in [3.05, 3.63) is 70.3 Å². The lowest BCUT2D eigenvalue weighted by atomic mass is 9.93. The van der Waals surface area contributed by atoms with Crippen LogP contribution in [0.25, 0.3) is 0 Å². The molecule has 0 aliphatic rings. The summed E-state index contributed by atoms with van der Waals surface area (Å²) in [6, 6.07) is 9.72. The van der Waals surface area contributed by atoms with E-state index in [1.54, 1.807) is 0 Å². The molecule has 2 aromatic carbocycles. The third-order valence-electron chi connectivity index (χ3n) is 3.90. The lowest BCUT2D eigenvalue weighted by molar-refractivity contribution is 0.520. The molecule has 2 rings (SSSR count). The van der Waals surface area contributed by atoms with E-state index in [9.17, 15) is 8.78 Å². The molecule has 0 aliphatic carbocycles. The Morgan fingerprint density at radius 1 is 1.10 bits per heavy atom. The topological polar surface area (TPSA) is 12.0 Å². The molecule has 3 heteroatoms. The lowest BCUT2D eigenvalue weighted by Crippen LogP contribution is -2.24. The van der Waals surface area contributed by atoms with E-state index in [0.717, 1.165) is 18.2 Å². The van der Waals surface area contributed by atoms with Crippen LogP contribution in [0.4, 0.5) is 8.78 Å². The molecule has 1 N–H and O–H groups in total. The van der Waals surface area contributed by atoms with E-state index < -0.39 is 5.82 Å². The van der Waals surface area contributed by atoms with E-state index in [2.05, 4.69) is 25.2 Å². The Hall–Kier alpha value is -1.74. The highest BCUT2D eigenvalue weighted by Gasteiger charge is 2.16. The summed E-state index contributed by atoms with van der Waals surface area (Å²) in [4.78, 5) is 0. The first-order valence-corrected chi connectivity index (χ1v) is 7.26. The standard InChI is InChI=1S/C18H21F2N/c1-4-21-18(16-7-5-6-12(2)13(16)3)11-14-10-15(19)8-9-17(14)20/h5-10,18,21H,4,11H2,1-3H3. The summed E-state index contributed by atoms with van der Waals surface area (Å²) in [5, 5.41) is 3.37. The van der Waals surface area contributed by atoms with Gasteiger partial charge in [-0.3, -0.25) is 0 Å². The van der Waals surface area contributed by atoms with Crippen LogP contribution in [0.3, 0.4) is 0 Å². The van der Waals surface area contributed by atoms with E-state index in [0.29, 0.717) is 12.0 Å². The first kappa shape index (κ1) is 15.6. The second kappa shape index (κ2) is 6.81. The number of hydrogen-bond acceptors (Lipinski definition) is 1. The van der Waals surface area contributed by atoms with Crippen molar-refractivity contribution in [2.75, 3.05) is 6.54 Å². The highest BCUT2D eigenvalue weighted by molar-refractivity contribution is 5.36. The van der Waals surface area contributed by atoms with Crippen molar-refractivity contribution in [1.82, 2.24) is 5.32 Å². The van der Waals surface area contributed by atoms with Gasteiger partial charge in [-0.15, -0.1) is 0 Å². The molecule has 2 aromatic rings. The summed E-state index contributed by atoms with van der Waals surface area (Å²) < 4.78 is 27.2. The molecule has 0 radical (unpaired) electrons. The smallest absolute Gasteiger partial charge is 0.126 e. The number of nitrogens with one attached hydrogen (secondary N) is 1.